The number of thiophene rings is 1. The number of aliphatic hydroxyl groups is 1. The van der Waals surface area contributed by atoms with E-state index in [0.29, 0.717) is 33.2 Å². The number of aromatic nitrogens is 3. The van der Waals surface area contributed by atoms with E-state index in [-0.39, 0.29) is 19.3 Å². The first-order chi connectivity index (χ1) is 18.8. The van der Waals surface area contributed by atoms with Gasteiger partial charge >= 0.3 is 5.69 Å². The maximum Gasteiger partial charge on any atom is 0.332 e. The SMILES string of the molecule is Cc1c(-c2ncco2)sc2c1c(=O)n(C(C)(C)COCO)c(=O)n2C[C@H](OCC1CCCO1)c1ccccc1. The average Bonchev–Trinajstić information content (AvgIpc) is 3.69. The Morgan fingerprint density at radius 2 is 2.05 bits per heavy atom. The zero-order valence-electron chi connectivity index (χ0n) is 22.3. The molecule has 3 aromatic heterocycles. The van der Waals surface area contributed by atoms with E-state index in [1.165, 1.54) is 22.2 Å². The van der Waals surface area contributed by atoms with E-state index in [4.69, 9.17) is 18.6 Å². The molecular weight excluding hydrogens is 522 g/mol. The van der Waals surface area contributed by atoms with Crippen LogP contribution in [0.25, 0.3) is 21.0 Å². The number of aryl methyl sites for hydroxylation is 1. The van der Waals surface area contributed by atoms with E-state index in [0.717, 1.165) is 25.0 Å². The van der Waals surface area contributed by atoms with Gasteiger partial charge in [0.2, 0.25) is 5.89 Å². The summed E-state index contributed by atoms with van der Waals surface area (Å²) >= 11 is 1.30. The lowest BCUT2D eigenvalue weighted by Gasteiger charge is -2.28. The lowest BCUT2D eigenvalue weighted by atomic mass is 10.1. The molecule has 1 aromatic carbocycles. The quantitative estimate of drug-likeness (QED) is 0.278. The summed E-state index contributed by atoms with van der Waals surface area (Å²) in [4.78, 5) is 33.5. The summed E-state index contributed by atoms with van der Waals surface area (Å²) in [5.41, 5.74) is -0.357. The van der Waals surface area contributed by atoms with E-state index in [9.17, 15) is 14.7 Å². The van der Waals surface area contributed by atoms with Crippen molar-refractivity contribution in [2.75, 3.05) is 26.6 Å². The molecule has 11 heteroatoms. The Morgan fingerprint density at radius 1 is 1.26 bits per heavy atom. The summed E-state index contributed by atoms with van der Waals surface area (Å²) in [5.74, 6) is 0.385. The summed E-state index contributed by atoms with van der Waals surface area (Å²) < 4.78 is 25.8. The molecule has 0 radical (unpaired) electrons. The Hall–Kier alpha value is -3.09. The molecule has 10 nitrogen and oxygen atoms in total. The van der Waals surface area contributed by atoms with Crippen molar-refractivity contribution in [2.24, 2.45) is 0 Å². The van der Waals surface area contributed by atoms with Crippen molar-refractivity contribution in [3.63, 3.8) is 0 Å². The Morgan fingerprint density at radius 3 is 2.72 bits per heavy atom. The summed E-state index contributed by atoms with van der Waals surface area (Å²) in [6, 6.07) is 9.73. The van der Waals surface area contributed by atoms with Crippen LogP contribution in [0.4, 0.5) is 0 Å². The van der Waals surface area contributed by atoms with Gasteiger partial charge in [0.25, 0.3) is 5.56 Å². The van der Waals surface area contributed by atoms with Crippen LogP contribution < -0.4 is 11.2 Å². The van der Waals surface area contributed by atoms with Crippen LogP contribution in [0.5, 0.6) is 0 Å². The van der Waals surface area contributed by atoms with Crippen LogP contribution in [-0.2, 0) is 26.3 Å². The zero-order chi connectivity index (χ0) is 27.6. The molecule has 1 unspecified atom stereocenters. The first-order valence-electron chi connectivity index (χ1n) is 13.0. The molecule has 1 aliphatic heterocycles. The van der Waals surface area contributed by atoms with Gasteiger partial charge in [0.05, 0.1) is 47.9 Å². The third-order valence-electron chi connectivity index (χ3n) is 7.02. The number of aliphatic hydroxyl groups excluding tert-OH is 1. The second kappa shape index (κ2) is 11.6. The lowest BCUT2D eigenvalue weighted by molar-refractivity contribution is -0.0351. The predicted molar refractivity (Wildman–Crippen MR) is 147 cm³/mol. The molecule has 4 aromatic rings. The number of hydrogen-bond donors (Lipinski definition) is 1. The van der Waals surface area contributed by atoms with Gasteiger partial charge in [-0.3, -0.25) is 13.9 Å². The number of rotatable bonds is 11. The van der Waals surface area contributed by atoms with E-state index >= 15 is 0 Å². The van der Waals surface area contributed by atoms with Gasteiger partial charge in [-0.25, -0.2) is 9.78 Å². The predicted octanol–water partition coefficient (Wildman–Crippen LogP) is 3.83. The van der Waals surface area contributed by atoms with E-state index in [1.807, 2.05) is 37.3 Å². The molecule has 0 aliphatic carbocycles. The monoisotopic (exact) mass is 555 g/mol. The van der Waals surface area contributed by atoms with Crippen LogP contribution in [0.1, 0.15) is 43.9 Å². The smallest absolute Gasteiger partial charge is 0.332 e. The molecule has 1 N–H and O–H groups in total. The van der Waals surface area contributed by atoms with Crippen molar-refractivity contribution in [3.05, 3.63) is 74.8 Å². The van der Waals surface area contributed by atoms with Gasteiger partial charge in [0, 0.05) is 6.61 Å². The number of ether oxygens (including phenoxy) is 3. The first kappa shape index (κ1) is 27.5. The second-order valence-electron chi connectivity index (χ2n) is 10.3. The lowest BCUT2D eigenvalue weighted by Crippen LogP contribution is -2.51. The van der Waals surface area contributed by atoms with Crippen LogP contribution in [0.15, 0.2) is 56.8 Å². The minimum absolute atomic E-state index is 0.0112. The minimum atomic E-state index is -1.04. The van der Waals surface area contributed by atoms with Gasteiger partial charge in [-0.1, -0.05) is 30.3 Å². The molecule has 0 spiro atoms. The number of benzene rings is 1. The van der Waals surface area contributed by atoms with Gasteiger partial charge in [-0.2, -0.15) is 0 Å². The van der Waals surface area contributed by atoms with Gasteiger partial charge in [-0.15, -0.1) is 11.3 Å². The molecule has 1 saturated heterocycles. The highest BCUT2D eigenvalue weighted by atomic mass is 32.1. The van der Waals surface area contributed by atoms with Gasteiger partial charge < -0.3 is 23.7 Å². The van der Waals surface area contributed by atoms with Crippen molar-refractivity contribution >= 4 is 21.6 Å². The summed E-state index contributed by atoms with van der Waals surface area (Å²) in [5, 5.41) is 9.67. The molecule has 2 atom stereocenters. The van der Waals surface area contributed by atoms with Crippen molar-refractivity contribution in [1.29, 1.82) is 0 Å². The van der Waals surface area contributed by atoms with Crippen LogP contribution in [0, 0.1) is 6.92 Å². The maximum atomic E-state index is 14.1. The zero-order valence-corrected chi connectivity index (χ0v) is 23.1. The molecule has 5 rings (SSSR count). The van der Waals surface area contributed by atoms with Gasteiger partial charge in [-0.05, 0) is 44.7 Å². The fourth-order valence-electron chi connectivity index (χ4n) is 5.03. The molecule has 39 heavy (non-hydrogen) atoms. The Bertz CT molecular complexity index is 1520. The number of nitrogens with zero attached hydrogens (tertiary/aromatic N) is 3. The van der Waals surface area contributed by atoms with Crippen molar-refractivity contribution < 1.29 is 23.7 Å². The average molecular weight is 556 g/mol. The molecule has 1 fully saturated rings. The molecule has 0 bridgehead atoms. The molecular formula is C28H33N3O7S. The first-order valence-corrected chi connectivity index (χ1v) is 13.8. The second-order valence-corrected chi connectivity index (χ2v) is 11.3. The normalized spacial score (nSPS) is 16.8. The van der Waals surface area contributed by atoms with E-state index < -0.39 is 29.7 Å². The van der Waals surface area contributed by atoms with Crippen LogP contribution in [0.2, 0.25) is 0 Å². The van der Waals surface area contributed by atoms with Crippen LogP contribution in [-0.4, -0.2) is 51.9 Å². The van der Waals surface area contributed by atoms with E-state index in [2.05, 4.69) is 4.98 Å². The van der Waals surface area contributed by atoms with Crippen LogP contribution in [0.3, 0.4) is 0 Å². The fourth-order valence-corrected chi connectivity index (χ4v) is 6.27. The van der Waals surface area contributed by atoms with Crippen molar-refractivity contribution in [2.45, 2.75) is 57.9 Å². The topological polar surface area (TPSA) is 118 Å². The van der Waals surface area contributed by atoms with Crippen LogP contribution >= 0.6 is 11.3 Å². The maximum absolute atomic E-state index is 14.1. The molecule has 4 heterocycles. The fraction of sp³-hybridized carbons (Fsp3) is 0.464. The van der Waals surface area contributed by atoms with Gasteiger partial charge in [0.1, 0.15) is 24.0 Å². The molecule has 0 saturated carbocycles. The molecule has 1 aliphatic rings. The largest absolute Gasteiger partial charge is 0.444 e. The molecule has 208 valence electrons. The minimum Gasteiger partial charge on any atom is -0.444 e. The van der Waals surface area contributed by atoms with E-state index in [1.54, 1.807) is 24.6 Å². The highest BCUT2D eigenvalue weighted by Crippen LogP contribution is 2.36. The summed E-state index contributed by atoms with van der Waals surface area (Å²) in [6.45, 7) is 6.05. The third kappa shape index (κ3) is 5.50. The standard InChI is InChI=1S/C28H33N3O7S/c1-18-22-25(33)31(28(2,3)16-35-17-32)27(34)30(26(22)39-23(18)24-29-11-13-37-24)14-21(19-8-5-4-6-9-19)38-15-20-10-7-12-36-20/h4-6,8-9,11,13,20-21,32H,7,10,12,14-17H2,1-3H3/t20?,21-/m0/s1. The third-order valence-corrected chi connectivity index (χ3v) is 8.32. The number of oxazole rings is 1. The number of hydrogen-bond acceptors (Lipinski definition) is 9. The Balaban J connectivity index is 1.68. The Kier molecular flexibility index (Phi) is 8.15. The molecule has 0 amide bonds. The number of fused-ring (bicyclic) bond motifs is 1. The van der Waals surface area contributed by atoms with Crippen molar-refractivity contribution in [1.82, 2.24) is 14.1 Å². The summed E-state index contributed by atoms with van der Waals surface area (Å²) in [6.07, 6.45) is 4.50. The summed E-state index contributed by atoms with van der Waals surface area (Å²) in [7, 11) is 0. The van der Waals surface area contributed by atoms with Gasteiger partial charge in [0.15, 0.2) is 0 Å². The van der Waals surface area contributed by atoms with Crippen molar-refractivity contribution in [3.8, 4) is 10.8 Å². The Labute approximate surface area is 229 Å². The highest BCUT2D eigenvalue weighted by Gasteiger charge is 2.31. The highest BCUT2D eigenvalue weighted by molar-refractivity contribution is 7.22.